The molecule has 0 aliphatic carbocycles. The number of aromatic nitrogens is 2. The van der Waals surface area contributed by atoms with Gasteiger partial charge in [0, 0.05) is 11.8 Å². The van der Waals surface area contributed by atoms with Gasteiger partial charge in [-0.3, -0.25) is 0 Å². The van der Waals surface area contributed by atoms with Gasteiger partial charge in [0.05, 0.1) is 11.0 Å². The second kappa shape index (κ2) is 7.56. The van der Waals surface area contributed by atoms with Gasteiger partial charge in [0.25, 0.3) is 0 Å². The van der Waals surface area contributed by atoms with Crippen molar-refractivity contribution in [3.8, 4) is 0 Å². The van der Waals surface area contributed by atoms with E-state index in [1.807, 2.05) is 23.9 Å². The van der Waals surface area contributed by atoms with Crippen LogP contribution in [0.4, 0.5) is 0 Å². The lowest BCUT2D eigenvalue weighted by Gasteiger charge is -2.16. The monoisotopic (exact) mass is 277 g/mol. The van der Waals surface area contributed by atoms with E-state index in [-0.39, 0.29) is 0 Å². The van der Waals surface area contributed by atoms with Crippen LogP contribution in [0.5, 0.6) is 0 Å². The zero-order valence-corrected chi connectivity index (χ0v) is 12.6. The van der Waals surface area contributed by atoms with Crippen molar-refractivity contribution in [2.24, 2.45) is 0 Å². The number of para-hydroxylation sites is 2. The summed E-state index contributed by atoms with van der Waals surface area (Å²) >= 11 is 1.82. The van der Waals surface area contributed by atoms with Crippen LogP contribution in [0.2, 0.25) is 0 Å². The summed E-state index contributed by atoms with van der Waals surface area (Å²) in [7, 11) is 0. The van der Waals surface area contributed by atoms with Crippen LogP contribution in [0.15, 0.2) is 29.4 Å². The molecule has 0 saturated heterocycles. The summed E-state index contributed by atoms with van der Waals surface area (Å²) in [6.07, 6.45) is 3.64. The van der Waals surface area contributed by atoms with Crippen molar-refractivity contribution < 1.29 is 0 Å². The summed E-state index contributed by atoms with van der Waals surface area (Å²) in [5, 5.41) is 4.64. The summed E-state index contributed by atoms with van der Waals surface area (Å²) in [6, 6.07) is 8.78. The van der Waals surface area contributed by atoms with Crippen LogP contribution in [0, 0.1) is 0 Å². The highest BCUT2D eigenvalue weighted by Gasteiger charge is 2.09. The Morgan fingerprint density at radius 1 is 1.26 bits per heavy atom. The highest BCUT2D eigenvalue weighted by atomic mass is 32.2. The van der Waals surface area contributed by atoms with Gasteiger partial charge >= 0.3 is 0 Å². The fourth-order valence-corrected chi connectivity index (χ4v) is 3.11. The molecule has 0 radical (unpaired) electrons. The van der Waals surface area contributed by atoms with Crippen LogP contribution in [0.3, 0.4) is 0 Å². The molecule has 104 valence electrons. The summed E-state index contributed by atoms with van der Waals surface area (Å²) in [5.74, 6) is 1.08. The van der Waals surface area contributed by atoms with Crippen molar-refractivity contribution in [2.45, 2.75) is 44.3 Å². The molecule has 0 bridgehead atoms. The fraction of sp³-hybridized carbons (Fsp3) is 0.533. The van der Waals surface area contributed by atoms with Crippen molar-refractivity contribution in [3.05, 3.63) is 24.3 Å². The van der Waals surface area contributed by atoms with Gasteiger partial charge in [-0.1, -0.05) is 44.2 Å². The highest BCUT2D eigenvalue weighted by molar-refractivity contribution is 7.99. The van der Waals surface area contributed by atoms with Crippen LogP contribution in [-0.2, 0) is 0 Å². The Kier molecular flexibility index (Phi) is 5.73. The molecule has 4 heteroatoms. The van der Waals surface area contributed by atoms with Gasteiger partial charge in [-0.2, -0.15) is 0 Å². The molecule has 1 unspecified atom stereocenters. The summed E-state index contributed by atoms with van der Waals surface area (Å²) < 4.78 is 0. The number of hydrogen-bond acceptors (Lipinski definition) is 3. The van der Waals surface area contributed by atoms with Gasteiger partial charge in [0.1, 0.15) is 0 Å². The minimum atomic E-state index is 0.586. The Balaban J connectivity index is 1.91. The van der Waals surface area contributed by atoms with Gasteiger partial charge in [0.2, 0.25) is 0 Å². The molecule has 1 aromatic heterocycles. The van der Waals surface area contributed by atoms with E-state index in [4.69, 9.17) is 0 Å². The fourth-order valence-electron chi connectivity index (χ4n) is 2.12. The van der Waals surface area contributed by atoms with Crippen LogP contribution >= 0.6 is 11.8 Å². The van der Waals surface area contributed by atoms with Crippen LogP contribution < -0.4 is 5.32 Å². The van der Waals surface area contributed by atoms with Crippen molar-refractivity contribution in [2.75, 3.05) is 12.3 Å². The molecule has 1 atom stereocenters. The number of imidazole rings is 1. The Labute approximate surface area is 119 Å². The molecule has 1 aromatic carbocycles. The first-order valence-corrected chi connectivity index (χ1v) is 8.13. The smallest absolute Gasteiger partial charge is 0.166 e. The quantitative estimate of drug-likeness (QED) is 0.721. The average Bonchev–Trinajstić information content (AvgIpc) is 2.84. The third-order valence-corrected chi connectivity index (χ3v) is 4.14. The molecule has 3 nitrogen and oxygen atoms in total. The maximum absolute atomic E-state index is 4.60. The van der Waals surface area contributed by atoms with Crippen LogP contribution in [0.25, 0.3) is 11.0 Å². The number of thioether (sulfide) groups is 1. The number of nitrogens with zero attached hydrogens (tertiary/aromatic N) is 1. The molecular formula is C15H23N3S. The largest absolute Gasteiger partial charge is 0.333 e. The number of aromatic amines is 1. The van der Waals surface area contributed by atoms with E-state index < -0.39 is 0 Å². The lowest BCUT2D eigenvalue weighted by molar-refractivity contribution is 0.514. The van der Waals surface area contributed by atoms with E-state index in [1.165, 1.54) is 19.3 Å². The Morgan fingerprint density at radius 3 is 2.84 bits per heavy atom. The summed E-state index contributed by atoms with van der Waals surface area (Å²) in [4.78, 5) is 7.98. The molecule has 0 amide bonds. The zero-order chi connectivity index (χ0) is 13.5. The minimum absolute atomic E-state index is 0.586. The second-order valence-corrected chi connectivity index (χ2v) is 5.82. The predicted octanol–water partition coefficient (Wildman–Crippen LogP) is 3.82. The van der Waals surface area contributed by atoms with Gasteiger partial charge in [-0.05, 0) is 31.5 Å². The van der Waals surface area contributed by atoms with Gasteiger partial charge < -0.3 is 10.3 Å². The number of hydrogen-bond donors (Lipinski definition) is 2. The molecule has 1 heterocycles. The molecule has 0 fully saturated rings. The lowest BCUT2D eigenvalue weighted by Crippen LogP contribution is -2.31. The van der Waals surface area contributed by atoms with Gasteiger partial charge in [-0.15, -0.1) is 0 Å². The molecule has 0 aliphatic rings. The lowest BCUT2D eigenvalue weighted by atomic mass is 10.2. The molecule has 2 aromatic rings. The van der Waals surface area contributed by atoms with E-state index in [1.54, 1.807) is 0 Å². The van der Waals surface area contributed by atoms with Crippen molar-refractivity contribution >= 4 is 22.8 Å². The highest BCUT2D eigenvalue weighted by Crippen LogP contribution is 2.20. The standard InChI is InChI=1S/C15H23N3S/c1-3-7-12(16-10-4-2)11-19-15-17-13-8-5-6-9-14(13)18-15/h5-6,8-9,12,16H,3-4,7,10-11H2,1-2H3,(H,17,18). The Hall–Kier alpha value is -1.00. The molecular weight excluding hydrogens is 254 g/mol. The normalized spacial score (nSPS) is 12.9. The molecule has 2 N–H and O–H groups in total. The maximum Gasteiger partial charge on any atom is 0.166 e. The van der Waals surface area contributed by atoms with E-state index in [9.17, 15) is 0 Å². The van der Waals surface area contributed by atoms with E-state index in [0.717, 1.165) is 28.5 Å². The summed E-state index contributed by atoms with van der Waals surface area (Å²) in [5.41, 5.74) is 2.18. The first-order chi connectivity index (χ1) is 9.33. The third kappa shape index (κ3) is 4.25. The Morgan fingerprint density at radius 2 is 2.11 bits per heavy atom. The molecule has 19 heavy (non-hydrogen) atoms. The SMILES string of the molecule is CCCNC(CCC)CSc1nc2ccccc2[nH]1. The van der Waals surface area contributed by atoms with Crippen molar-refractivity contribution in [3.63, 3.8) is 0 Å². The van der Waals surface area contributed by atoms with E-state index >= 15 is 0 Å². The van der Waals surface area contributed by atoms with Crippen LogP contribution in [0.1, 0.15) is 33.1 Å². The third-order valence-electron chi connectivity index (χ3n) is 3.11. The number of H-pyrrole nitrogens is 1. The first-order valence-electron chi connectivity index (χ1n) is 7.14. The minimum Gasteiger partial charge on any atom is -0.333 e. The van der Waals surface area contributed by atoms with E-state index in [0.29, 0.717) is 6.04 Å². The number of fused-ring (bicyclic) bond motifs is 1. The van der Waals surface area contributed by atoms with E-state index in [2.05, 4.69) is 41.3 Å². The number of nitrogens with one attached hydrogen (secondary N) is 2. The summed E-state index contributed by atoms with van der Waals surface area (Å²) in [6.45, 7) is 5.56. The Bertz CT molecular complexity index is 462. The second-order valence-electron chi connectivity index (χ2n) is 4.81. The molecule has 2 rings (SSSR count). The average molecular weight is 277 g/mol. The predicted molar refractivity (Wildman–Crippen MR) is 83.8 cm³/mol. The van der Waals surface area contributed by atoms with Crippen molar-refractivity contribution in [1.29, 1.82) is 0 Å². The molecule has 0 saturated carbocycles. The molecule has 0 aliphatic heterocycles. The number of rotatable bonds is 8. The van der Waals surface area contributed by atoms with Crippen molar-refractivity contribution in [1.82, 2.24) is 15.3 Å². The maximum atomic E-state index is 4.60. The van der Waals surface area contributed by atoms with Gasteiger partial charge in [0.15, 0.2) is 5.16 Å². The first kappa shape index (κ1) is 14.4. The number of benzene rings is 1. The van der Waals surface area contributed by atoms with Crippen LogP contribution in [-0.4, -0.2) is 28.3 Å². The zero-order valence-electron chi connectivity index (χ0n) is 11.8. The molecule has 0 spiro atoms. The topological polar surface area (TPSA) is 40.7 Å². The van der Waals surface area contributed by atoms with Gasteiger partial charge in [-0.25, -0.2) is 4.98 Å².